The maximum Gasteiger partial charge on any atom is 0.326 e. The first-order valence-electron chi connectivity index (χ1n) is 10.1. The largest absolute Gasteiger partial charge is 0.481 e. The number of fused-ring (bicyclic) bond motifs is 1. The zero-order chi connectivity index (χ0) is 22.1. The fraction of sp³-hybridized carbons (Fsp3) is 0.632. The second kappa shape index (κ2) is 11.2. The zero-order valence-corrected chi connectivity index (χ0v) is 16.8. The number of anilines is 2. The Balaban J connectivity index is 1.61. The van der Waals surface area contributed by atoms with Crippen LogP contribution < -0.4 is 21.9 Å². The van der Waals surface area contributed by atoms with E-state index in [1.54, 1.807) is 0 Å². The van der Waals surface area contributed by atoms with E-state index in [1.807, 2.05) is 0 Å². The number of carbonyl (C=O) groups excluding carboxylic acids is 1. The minimum Gasteiger partial charge on any atom is -0.481 e. The van der Waals surface area contributed by atoms with Crippen LogP contribution in [-0.4, -0.2) is 50.6 Å². The van der Waals surface area contributed by atoms with Crippen LogP contribution in [0.5, 0.6) is 0 Å². The molecule has 1 amide bonds. The Labute approximate surface area is 173 Å². The molecular weight excluding hydrogens is 394 g/mol. The van der Waals surface area contributed by atoms with Gasteiger partial charge in [0.25, 0.3) is 5.56 Å². The Bertz CT molecular complexity index is 824. The first-order valence-corrected chi connectivity index (χ1v) is 10.1. The van der Waals surface area contributed by atoms with Gasteiger partial charge in [-0.3, -0.25) is 19.4 Å². The number of nitrogens with zero attached hydrogens (tertiary/aromatic N) is 1. The van der Waals surface area contributed by atoms with Crippen LogP contribution in [0.2, 0.25) is 0 Å². The van der Waals surface area contributed by atoms with Crippen molar-refractivity contribution < 1.29 is 24.6 Å². The number of hydrogen-bond acceptors (Lipinski definition) is 7. The van der Waals surface area contributed by atoms with E-state index >= 15 is 0 Å². The lowest BCUT2D eigenvalue weighted by Gasteiger charge is -2.24. The molecule has 0 fully saturated rings. The van der Waals surface area contributed by atoms with E-state index in [2.05, 4.69) is 20.6 Å². The summed E-state index contributed by atoms with van der Waals surface area (Å²) in [5.41, 5.74) is 5.97. The summed E-state index contributed by atoms with van der Waals surface area (Å²) < 4.78 is 0. The van der Waals surface area contributed by atoms with Crippen molar-refractivity contribution in [3.63, 3.8) is 0 Å². The summed E-state index contributed by atoms with van der Waals surface area (Å²) in [6.07, 6.45) is 4.69. The summed E-state index contributed by atoms with van der Waals surface area (Å²) in [7, 11) is 0. The van der Waals surface area contributed by atoms with Crippen LogP contribution in [0.1, 0.15) is 56.9 Å². The maximum atomic E-state index is 12.0. The molecular formula is C19H29N5O6. The van der Waals surface area contributed by atoms with Crippen molar-refractivity contribution in [2.75, 3.05) is 17.6 Å². The molecule has 1 aromatic rings. The molecule has 1 aliphatic heterocycles. The third-order valence-corrected chi connectivity index (χ3v) is 5.13. The van der Waals surface area contributed by atoms with E-state index in [0.717, 1.165) is 32.2 Å². The summed E-state index contributed by atoms with van der Waals surface area (Å²) >= 11 is 0. The Morgan fingerprint density at radius 3 is 2.60 bits per heavy atom. The van der Waals surface area contributed by atoms with Crippen molar-refractivity contribution >= 4 is 29.6 Å². The number of aliphatic carboxylic acids is 2. The van der Waals surface area contributed by atoms with Gasteiger partial charge in [-0.1, -0.05) is 19.3 Å². The zero-order valence-electron chi connectivity index (χ0n) is 16.8. The monoisotopic (exact) mass is 423 g/mol. The van der Waals surface area contributed by atoms with Crippen molar-refractivity contribution in [1.82, 2.24) is 15.3 Å². The van der Waals surface area contributed by atoms with Gasteiger partial charge < -0.3 is 26.6 Å². The molecule has 0 saturated carbocycles. The molecule has 0 spiro atoms. The number of hydrogen-bond donors (Lipinski definition) is 6. The van der Waals surface area contributed by atoms with Gasteiger partial charge in [0.15, 0.2) is 0 Å². The number of nitrogens with one attached hydrogen (secondary N) is 3. The molecule has 2 heterocycles. The Kier molecular flexibility index (Phi) is 8.63. The van der Waals surface area contributed by atoms with E-state index in [-0.39, 0.29) is 36.7 Å². The molecule has 0 bridgehead atoms. The number of carbonyl (C=O) groups is 3. The maximum absolute atomic E-state index is 12.0. The fourth-order valence-electron chi connectivity index (χ4n) is 3.52. The summed E-state index contributed by atoms with van der Waals surface area (Å²) in [6.45, 7) is 0.734. The van der Waals surface area contributed by atoms with Crippen molar-refractivity contribution in [3.05, 3.63) is 15.9 Å². The molecule has 30 heavy (non-hydrogen) atoms. The molecule has 1 aliphatic rings. The number of carboxylic acids is 2. The fourth-order valence-corrected chi connectivity index (χ4v) is 3.52. The molecule has 1 aromatic heterocycles. The number of carboxylic acid groups (broad SMARTS) is 2. The number of nitrogens with two attached hydrogens (primary N) is 1. The van der Waals surface area contributed by atoms with Crippen LogP contribution in [0.3, 0.4) is 0 Å². The predicted molar refractivity (Wildman–Crippen MR) is 109 cm³/mol. The highest BCUT2D eigenvalue weighted by atomic mass is 16.4. The van der Waals surface area contributed by atoms with Gasteiger partial charge in [-0.2, -0.15) is 4.98 Å². The summed E-state index contributed by atoms with van der Waals surface area (Å²) in [4.78, 5) is 52.1. The second-order valence-corrected chi connectivity index (χ2v) is 7.57. The van der Waals surface area contributed by atoms with E-state index < -0.39 is 18.0 Å². The first-order chi connectivity index (χ1) is 14.3. The van der Waals surface area contributed by atoms with E-state index in [0.29, 0.717) is 30.1 Å². The SMILES string of the molecule is Nc1nc2c(c(=O)[nH]1)CC(CCCCCCC(=O)N[C@@H](CCC(=O)O)C(=O)O)CN2. The van der Waals surface area contributed by atoms with Crippen molar-refractivity contribution in [1.29, 1.82) is 0 Å². The normalized spacial score (nSPS) is 16.2. The summed E-state index contributed by atoms with van der Waals surface area (Å²) in [5.74, 6) is -1.72. The number of rotatable bonds is 12. The van der Waals surface area contributed by atoms with E-state index in [9.17, 15) is 19.2 Å². The van der Waals surface area contributed by atoms with Gasteiger partial charge in [-0.05, 0) is 31.6 Å². The molecule has 0 aliphatic carbocycles. The van der Waals surface area contributed by atoms with Gasteiger partial charge >= 0.3 is 11.9 Å². The average molecular weight is 423 g/mol. The highest BCUT2D eigenvalue weighted by Gasteiger charge is 2.22. The number of aromatic nitrogens is 2. The lowest BCUT2D eigenvalue weighted by Crippen LogP contribution is -2.41. The molecule has 2 rings (SSSR count). The van der Waals surface area contributed by atoms with Gasteiger partial charge in [-0.15, -0.1) is 0 Å². The highest BCUT2D eigenvalue weighted by molar-refractivity contribution is 5.83. The van der Waals surface area contributed by atoms with E-state index in [4.69, 9.17) is 15.9 Å². The molecule has 7 N–H and O–H groups in total. The second-order valence-electron chi connectivity index (χ2n) is 7.57. The van der Waals surface area contributed by atoms with E-state index in [1.165, 1.54) is 0 Å². The molecule has 166 valence electrons. The van der Waals surface area contributed by atoms with Crippen LogP contribution in [0, 0.1) is 5.92 Å². The molecule has 0 radical (unpaired) electrons. The summed E-state index contributed by atoms with van der Waals surface area (Å²) in [6, 6.07) is -1.18. The quantitative estimate of drug-likeness (QED) is 0.263. The Morgan fingerprint density at radius 2 is 1.90 bits per heavy atom. The molecule has 1 unspecified atom stereocenters. The van der Waals surface area contributed by atoms with Gasteiger partial charge in [0.2, 0.25) is 11.9 Å². The van der Waals surface area contributed by atoms with Crippen LogP contribution in [0.15, 0.2) is 4.79 Å². The smallest absolute Gasteiger partial charge is 0.326 e. The topological polar surface area (TPSA) is 187 Å². The molecule has 11 heteroatoms. The van der Waals surface area contributed by atoms with Crippen LogP contribution in [-0.2, 0) is 20.8 Å². The minimum atomic E-state index is -1.23. The van der Waals surface area contributed by atoms with Gasteiger partial charge in [0.1, 0.15) is 11.9 Å². The lowest BCUT2D eigenvalue weighted by molar-refractivity contribution is -0.143. The predicted octanol–water partition coefficient (Wildman–Crippen LogP) is 0.711. The molecule has 0 saturated heterocycles. The number of unbranched alkanes of at least 4 members (excludes halogenated alkanes) is 3. The molecule has 2 atom stereocenters. The number of nitrogen functional groups attached to an aromatic ring is 1. The number of H-pyrrole nitrogens is 1. The number of amides is 1. The van der Waals surface area contributed by atoms with Crippen molar-refractivity contribution in [3.8, 4) is 0 Å². The van der Waals surface area contributed by atoms with Crippen molar-refractivity contribution in [2.45, 2.75) is 63.8 Å². The average Bonchev–Trinajstić information content (AvgIpc) is 2.67. The standard InChI is InChI=1S/C19H29N5O6/c20-19-23-16-12(17(28)24-19)9-11(10-21-16)5-3-1-2-4-6-14(25)22-13(18(29)30)7-8-15(26)27/h11,13H,1-10H2,(H,22,25)(H,26,27)(H,29,30)(H4,20,21,23,24,28)/t11?,13-/m0/s1. The Morgan fingerprint density at radius 1 is 1.17 bits per heavy atom. The van der Waals surface area contributed by atoms with Gasteiger partial charge in [-0.25, -0.2) is 4.79 Å². The van der Waals surface area contributed by atoms with Gasteiger partial charge in [0, 0.05) is 19.4 Å². The van der Waals surface area contributed by atoms with Crippen LogP contribution >= 0.6 is 0 Å². The molecule has 0 aromatic carbocycles. The Hall–Kier alpha value is -3.11. The lowest BCUT2D eigenvalue weighted by atomic mass is 9.91. The first kappa shape index (κ1) is 23.2. The summed E-state index contributed by atoms with van der Waals surface area (Å²) in [5, 5.41) is 23.2. The highest BCUT2D eigenvalue weighted by Crippen LogP contribution is 2.24. The number of aromatic amines is 1. The van der Waals surface area contributed by atoms with Crippen molar-refractivity contribution in [2.24, 2.45) is 5.92 Å². The minimum absolute atomic E-state index is 0.102. The third kappa shape index (κ3) is 7.37. The van der Waals surface area contributed by atoms with Gasteiger partial charge in [0.05, 0.1) is 5.56 Å². The molecule has 11 nitrogen and oxygen atoms in total. The van der Waals surface area contributed by atoms with Crippen LogP contribution in [0.4, 0.5) is 11.8 Å². The third-order valence-electron chi connectivity index (χ3n) is 5.13. The van der Waals surface area contributed by atoms with Crippen LogP contribution in [0.25, 0.3) is 0 Å².